The summed E-state index contributed by atoms with van der Waals surface area (Å²) in [5.41, 5.74) is 9.41. The van der Waals surface area contributed by atoms with Crippen LogP contribution in [0.15, 0.2) is 36.4 Å². The summed E-state index contributed by atoms with van der Waals surface area (Å²) in [7, 11) is 0. The minimum Gasteiger partial charge on any atom is -0.452 e. The molecular weight excluding hydrogens is 328 g/mol. The second-order valence-corrected chi connectivity index (χ2v) is 6.13. The fourth-order valence-corrected chi connectivity index (χ4v) is 2.93. The van der Waals surface area contributed by atoms with E-state index in [4.69, 9.17) is 22.1 Å². The fraction of sp³-hybridized carbons (Fsp3) is 0.222. The van der Waals surface area contributed by atoms with Crippen LogP contribution in [-0.4, -0.2) is 18.5 Å². The molecule has 0 aromatic heterocycles. The highest BCUT2D eigenvalue weighted by molar-refractivity contribution is 6.31. The van der Waals surface area contributed by atoms with Crippen molar-refractivity contribution in [3.63, 3.8) is 0 Å². The van der Waals surface area contributed by atoms with Crippen molar-refractivity contribution in [1.29, 1.82) is 0 Å². The maximum absolute atomic E-state index is 12.0. The molecule has 0 saturated heterocycles. The molecule has 2 aromatic carbocycles. The first-order valence-corrected chi connectivity index (χ1v) is 8.04. The topological polar surface area (TPSA) is 81.4 Å². The van der Waals surface area contributed by atoms with Crippen molar-refractivity contribution in [3.05, 3.63) is 58.1 Å². The number of carbonyl (C=O) groups excluding carboxylic acids is 2. The van der Waals surface area contributed by atoms with Crippen molar-refractivity contribution >= 4 is 34.9 Å². The van der Waals surface area contributed by atoms with Crippen LogP contribution in [0.4, 0.5) is 11.4 Å². The molecule has 0 heterocycles. The van der Waals surface area contributed by atoms with Crippen LogP contribution in [0, 0.1) is 0 Å². The molecule has 24 heavy (non-hydrogen) atoms. The zero-order valence-electron chi connectivity index (χ0n) is 13.0. The lowest BCUT2D eigenvalue weighted by Gasteiger charge is -2.09. The number of aryl methyl sites for hydroxylation is 2. The lowest BCUT2D eigenvalue weighted by Crippen LogP contribution is -2.21. The highest BCUT2D eigenvalue weighted by Gasteiger charge is 2.15. The van der Waals surface area contributed by atoms with Crippen molar-refractivity contribution in [3.8, 4) is 0 Å². The Morgan fingerprint density at radius 2 is 1.92 bits per heavy atom. The average Bonchev–Trinajstić information content (AvgIpc) is 3.02. The molecule has 1 aliphatic carbocycles. The van der Waals surface area contributed by atoms with Crippen LogP contribution in [0.5, 0.6) is 0 Å². The maximum atomic E-state index is 12.0. The monoisotopic (exact) mass is 344 g/mol. The second kappa shape index (κ2) is 6.93. The van der Waals surface area contributed by atoms with E-state index in [9.17, 15) is 9.59 Å². The van der Waals surface area contributed by atoms with E-state index in [0.717, 1.165) is 19.3 Å². The quantitative estimate of drug-likeness (QED) is 0.659. The molecule has 3 N–H and O–H groups in total. The zero-order valence-corrected chi connectivity index (χ0v) is 13.7. The smallest absolute Gasteiger partial charge is 0.340 e. The summed E-state index contributed by atoms with van der Waals surface area (Å²) in [6.45, 7) is -0.387. The summed E-state index contributed by atoms with van der Waals surface area (Å²) in [6, 6.07) is 10.4. The second-order valence-electron chi connectivity index (χ2n) is 5.69. The molecule has 0 aliphatic heterocycles. The lowest BCUT2D eigenvalue weighted by atomic mass is 10.1. The Bertz CT molecular complexity index is 805. The van der Waals surface area contributed by atoms with E-state index in [-0.39, 0.29) is 17.9 Å². The SMILES string of the molecule is Nc1ccc(Cl)cc1C(=O)OCC(=O)Nc1ccc2c(c1)CCC2. The molecule has 0 spiro atoms. The molecule has 0 saturated carbocycles. The van der Waals surface area contributed by atoms with Gasteiger partial charge in [0.05, 0.1) is 5.56 Å². The minimum absolute atomic E-state index is 0.146. The summed E-state index contributed by atoms with van der Waals surface area (Å²) < 4.78 is 5.00. The number of nitrogen functional groups attached to an aromatic ring is 1. The van der Waals surface area contributed by atoms with Crippen LogP contribution in [0.3, 0.4) is 0 Å². The van der Waals surface area contributed by atoms with Gasteiger partial charge in [0.1, 0.15) is 0 Å². The molecule has 1 amide bonds. The highest BCUT2D eigenvalue weighted by atomic mass is 35.5. The van der Waals surface area contributed by atoms with Crippen LogP contribution >= 0.6 is 11.6 Å². The van der Waals surface area contributed by atoms with Gasteiger partial charge in [-0.25, -0.2) is 4.79 Å². The molecular formula is C18H17ClN2O3. The number of halogens is 1. The number of carbonyl (C=O) groups is 2. The standard InChI is InChI=1S/C18H17ClN2O3/c19-13-5-7-16(20)15(9-13)18(23)24-10-17(22)21-14-6-4-11-2-1-3-12(11)8-14/h4-9H,1-3,10,20H2,(H,21,22). The van der Waals surface area contributed by atoms with Crippen molar-refractivity contribution in [2.75, 3.05) is 17.7 Å². The van der Waals surface area contributed by atoms with Crippen LogP contribution in [0.1, 0.15) is 27.9 Å². The maximum Gasteiger partial charge on any atom is 0.340 e. The first-order valence-electron chi connectivity index (χ1n) is 7.67. The van der Waals surface area contributed by atoms with Gasteiger partial charge in [-0.05, 0) is 60.7 Å². The summed E-state index contributed by atoms with van der Waals surface area (Å²) in [5.74, 6) is -1.08. The molecule has 0 radical (unpaired) electrons. The number of ether oxygens (including phenoxy) is 1. The summed E-state index contributed by atoms with van der Waals surface area (Å²) in [5, 5.41) is 3.10. The van der Waals surface area contributed by atoms with Crippen molar-refractivity contribution < 1.29 is 14.3 Å². The Morgan fingerprint density at radius 1 is 1.12 bits per heavy atom. The number of nitrogens with two attached hydrogens (primary N) is 1. The third-order valence-corrected chi connectivity index (χ3v) is 4.19. The number of nitrogens with one attached hydrogen (secondary N) is 1. The predicted molar refractivity (Wildman–Crippen MR) is 93.2 cm³/mol. The van der Waals surface area contributed by atoms with E-state index in [1.807, 2.05) is 18.2 Å². The molecule has 5 nitrogen and oxygen atoms in total. The van der Waals surface area contributed by atoms with Gasteiger partial charge in [-0.2, -0.15) is 0 Å². The van der Waals surface area contributed by atoms with Gasteiger partial charge in [0.2, 0.25) is 0 Å². The zero-order chi connectivity index (χ0) is 17.1. The largest absolute Gasteiger partial charge is 0.452 e. The summed E-state index contributed by atoms with van der Waals surface area (Å²) in [6.07, 6.45) is 3.26. The predicted octanol–water partition coefficient (Wildman–Crippen LogP) is 3.21. The van der Waals surface area contributed by atoms with Crippen molar-refractivity contribution in [1.82, 2.24) is 0 Å². The third kappa shape index (κ3) is 3.68. The molecule has 6 heteroatoms. The number of rotatable bonds is 4. The Hall–Kier alpha value is -2.53. The van der Waals surface area contributed by atoms with Gasteiger partial charge in [-0.3, -0.25) is 4.79 Å². The number of esters is 1. The average molecular weight is 345 g/mol. The van der Waals surface area contributed by atoms with Gasteiger partial charge in [0, 0.05) is 16.4 Å². The first-order chi connectivity index (χ1) is 11.5. The fourth-order valence-electron chi connectivity index (χ4n) is 2.76. The number of hydrogen-bond acceptors (Lipinski definition) is 4. The Balaban J connectivity index is 1.57. The molecule has 0 unspecified atom stereocenters. The number of amides is 1. The van der Waals surface area contributed by atoms with Crippen LogP contribution < -0.4 is 11.1 Å². The first kappa shape index (κ1) is 16.3. The molecule has 124 valence electrons. The van der Waals surface area contributed by atoms with E-state index >= 15 is 0 Å². The van der Waals surface area contributed by atoms with Crippen molar-refractivity contribution in [2.24, 2.45) is 0 Å². The van der Waals surface area contributed by atoms with Gasteiger partial charge in [0.25, 0.3) is 5.91 Å². The van der Waals surface area contributed by atoms with E-state index in [1.54, 1.807) is 6.07 Å². The molecule has 2 aromatic rings. The molecule has 0 atom stereocenters. The Kier molecular flexibility index (Phi) is 4.71. The normalized spacial score (nSPS) is 12.5. The summed E-state index contributed by atoms with van der Waals surface area (Å²) in [4.78, 5) is 23.9. The third-order valence-electron chi connectivity index (χ3n) is 3.95. The van der Waals surface area contributed by atoms with Crippen LogP contribution in [-0.2, 0) is 22.4 Å². The van der Waals surface area contributed by atoms with Crippen LogP contribution in [0.25, 0.3) is 0 Å². The van der Waals surface area contributed by atoms with Gasteiger partial charge in [-0.15, -0.1) is 0 Å². The van der Waals surface area contributed by atoms with E-state index in [0.29, 0.717) is 10.7 Å². The minimum atomic E-state index is -0.681. The Labute approximate surface area is 144 Å². The number of fused-ring (bicyclic) bond motifs is 1. The van der Waals surface area contributed by atoms with E-state index < -0.39 is 11.9 Å². The van der Waals surface area contributed by atoms with E-state index in [1.165, 1.54) is 23.3 Å². The molecule has 1 aliphatic rings. The highest BCUT2D eigenvalue weighted by Crippen LogP contribution is 2.25. The molecule has 3 rings (SSSR count). The summed E-state index contributed by atoms with van der Waals surface area (Å²) >= 11 is 5.83. The molecule has 0 bridgehead atoms. The van der Waals surface area contributed by atoms with Gasteiger partial charge >= 0.3 is 5.97 Å². The van der Waals surface area contributed by atoms with Gasteiger partial charge in [0.15, 0.2) is 6.61 Å². The molecule has 0 fully saturated rings. The number of anilines is 2. The lowest BCUT2D eigenvalue weighted by molar-refractivity contribution is -0.119. The van der Waals surface area contributed by atoms with E-state index in [2.05, 4.69) is 5.32 Å². The van der Waals surface area contributed by atoms with Gasteiger partial charge < -0.3 is 15.8 Å². The number of hydrogen-bond donors (Lipinski definition) is 2. The van der Waals surface area contributed by atoms with Crippen LogP contribution in [0.2, 0.25) is 5.02 Å². The number of benzene rings is 2. The van der Waals surface area contributed by atoms with Crippen molar-refractivity contribution in [2.45, 2.75) is 19.3 Å². The van der Waals surface area contributed by atoms with Gasteiger partial charge in [-0.1, -0.05) is 17.7 Å². The Morgan fingerprint density at radius 3 is 2.75 bits per heavy atom.